The fourth-order valence-corrected chi connectivity index (χ4v) is 5.51. The fraction of sp³-hybridized carbons (Fsp3) is 0.256. The van der Waals surface area contributed by atoms with Crippen LogP contribution in [0.4, 0.5) is 5.69 Å². The van der Waals surface area contributed by atoms with Gasteiger partial charge in [-0.3, -0.25) is 24.0 Å². The van der Waals surface area contributed by atoms with Gasteiger partial charge < -0.3 is 37.2 Å². The van der Waals surface area contributed by atoms with Gasteiger partial charge in [0.25, 0.3) is 11.8 Å². The molecule has 4 rings (SSSR count). The molecule has 2 unspecified atom stereocenters. The molecular weight excluding hydrogens is 650 g/mol. The maximum absolute atomic E-state index is 13.8. The number of phenols is 1. The van der Waals surface area contributed by atoms with Crippen molar-refractivity contribution in [1.29, 1.82) is 0 Å². The summed E-state index contributed by atoms with van der Waals surface area (Å²) in [5.41, 5.74) is 8.84. The SMILES string of the molecule is CC(C)CC(N)C(=O)Nc1cc(C(=O)NCC(c2ccccc2)c2ccccc2)cc(C(=O)NC(Cc2ccc(O)cc2)C(=O)NCC(=O)O)c1. The van der Waals surface area contributed by atoms with Crippen LogP contribution in [0.2, 0.25) is 0 Å². The van der Waals surface area contributed by atoms with Crippen LogP contribution in [0.25, 0.3) is 0 Å². The molecule has 0 fully saturated rings. The van der Waals surface area contributed by atoms with Crippen molar-refractivity contribution in [2.45, 2.75) is 44.7 Å². The quantitative estimate of drug-likeness (QED) is 0.0919. The lowest BCUT2D eigenvalue weighted by Gasteiger charge is -2.20. The van der Waals surface area contributed by atoms with E-state index in [4.69, 9.17) is 10.8 Å². The fourth-order valence-electron chi connectivity index (χ4n) is 5.51. The van der Waals surface area contributed by atoms with Gasteiger partial charge in [0.1, 0.15) is 18.3 Å². The minimum absolute atomic E-state index is 0.00584. The Morgan fingerprint density at radius 2 is 1.29 bits per heavy atom. The highest BCUT2D eigenvalue weighted by Crippen LogP contribution is 2.24. The minimum atomic E-state index is -1.27. The Bertz CT molecular complexity index is 1780. The molecule has 4 aromatic carbocycles. The molecule has 0 bridgehead atoms. The molecule has 0 aliphatic heterocycles. The van der Waals surface area contributed by atoms with Crippen LogP contribution >= 0.6 is 0 Å². The number of aliphatic carboxylic acids is 1. The zero-order chi connectivity index (χ0) is 36.9. The zero-order valence-corrected chi connectivity index (χ0v) is 28.5. The van der Waals surface area contributed by atoms with Gasteiger partial charge in [-0.05, 0) is 59.4 Å². The van der Waals surface area contributed by atoms with Crippen molar-refractivity contribution in [3.63, 3.8) is 0 Å². The molecule has 4 aromatic rings. The molecule has 0 aromatic heterocycles. The first-order chi connectivity index (χ1) is 24.4. The summed E-state index contributed by atoms with van der Waals surface area (Å²) in [6, 6.07) is 27.5. The van der Waals surface area contributed by atoms with E-state index in [0.717, 1.165) is 11.1 Å². The number of anilines is 1. The third-order valence-electron chi connectivity index (χ3n) is 8.07. The van der Waals surface area contributed by atoms with E-state index in [9.17, 15) is 29.1 Å². The average Bonchev–Trinajstić information content (AvgIpc) is 3.11. The van der Waals surface area contributed by atoms with Crippen LogP contribution in [0.5, 0.6) is 5.75 Å². The van der Waals surface area contributed by atoms with E-state index < -0.39 is 48.2 Å². The normalized spacial score (nSPS) is 12.1. The minimum Gasteiger partial charge on any atom is -0.508 e. The first kappa shape index (κ1) is 37.8. The van der Waals surface area contributed by atoms with E-state index >= 15 is 0 Å². The number of rotatable bonds is 16. The van der Waals surface area contributed by atoms with Crippen molar-refractivity contribution in [3.05, 3.63) is 131 Å². The smallest absolute Gasteiger partial charge is 0.322 e. The number of carbonyl (C=O) groups is 5. The van der Waals surface area contributed by atoms with Crippen molar-refractivity contribution < 1.29 is 34.2 Å². The standard InChI is InChI=1S/C39H43N5O7/c1-24(2)17-33(40)38(50)43-30-20-28(36(48)41-22-32(26-9-5-3-6-10-26)27-11-7-4-8-12-27)19-29(21-30)37(49)44-34(39(51)42-23-35(46)47)18-25-13-15-31(45)16-14-25/h3-16,19-21,24,32-34,45H,17-18,22-23,40H2,1-2H3,(H,41,48)(H,42,51)(H,43,50)(H,44,49)(H,46,47). The van der Waals surface area contributed by atoms with Crippen LogP contribution in [-0.2, 0) is 20.8 Å². The number of phenolic OH excluding ortho intramolecular Hbond substituents is 1. The first-order valence-corrected chi connectivity index (χ1v) is 16.6. The molecule has 0 saturated heterocycles. The first-order valence-electron chi connectivity index (χ1n) is 16.6. The zero-order valence-electron chi connectivity index (χ0n) is 28.5. The molecule has 4 amide bonds. The molecule has 0 heterocycles. The van der Waals surface area contributed by atoms with E-state index in [0.29, 0.717) is 12.0 Å². The molecular formula is C39H43N5O7. The summed E-state index contributed by atoms with van der Waals surface area (Å²) in [5, 5.41) is 29.4. The molecule has 266 valence electrons. The number of carbonyl (C=O) groups excluding carboxylic acids is 4. The Morgan fingerprint density at radius 3 is 1.84 bits per heavy atom. The number of nitrogens with one attached hydrogen (secondary N) is 4. The van der Waals surface area contributed by atoms with Gasteiger partial charge in [-0.15, -0.1) is 0 Å². The molecule has 0 aliphatic rings. The Balaban J connectivity index is 1.63. The van der Waals surface area contributed by atoms with Gasteiger partial charge >= 0.3 is 5.97 Å². The van der Waals surface area contributed by atoms with Crippen molar-refractivity contribution >= 4 is 35.3 Å². The summed E-state index contributed by atoms with van der Waals surface area (Å²) < 4.78 is 0. The number of aromatic hydroxyl groups is 1. The summed E-state index contributed by atoms with van der Waals surface area (Å²) >= 11 is 0. The molecule has 0 aliphatic carbocycles. The number of nitrogens with two attached hydrogens (primary N) is 1. The van der Waals surface area contributed by atoms with Gasteiger partial charge in [0.15, 0.2) is 0 Å². The van der Waals surface area contributed by atoms with E-state index in [2.05, 4.69) is 21.3 Å². The van der Waals surface area contributed by atoms with E-state index in [1.165, 1.54) is 30.3 Å². The van der Waals surface area contributed by atoms with E-state index in [-0.39, 0.29) is 47.4 Å². The Hall–Kier alpha value is -6.01. The predicted molar refractivity (Wildman–Crippen MR) is 193 cm³/mol. The highest BCUT2D eigenvalue weighted by molar-refractivity contribution is 6.04. The molecule has 12 heteroatoms. The van der Waals surface area contributed by atoms with Gasteiger partial charge in [-0.2, -0.15) is 0 Å². The molecule has 8 N–H and O–H groups in total. The third-order valence-corrected chi connectivity index (χ3v) is 8.07. The third kappa shape index (κ3) is 11.5. The van der Waals surface area contributed by atoms with Gasteiger partial charge in [-0.1, -0.05) is 86.6 Å². The average molecular weight is 694 g/mol. The van der Waals surface area contributed by atoms with Crippen LogP contribution in [-0.4, -0.2) is 65.0 Å². The second-order valence-corrected chi connectivity index (χ2v) is 12.6. The van der Waals surface area contributed by atoms with Gasteiger partial charge in [-0.25, -0.2) is 0 Å². The van der Waals surface area contributed by atoms with Crippen LogP contribution in [0.1, 0.15) is 63.6 Å². The summed E-state index contributed by atoms with van der Waals surface area (Å²) in [6.07, 6.45) is 0.371. The number of hydrogen-bond donors (Lipinski definition) is 7. The lowest BCUT2D eigenvalue weighted by atomic mass is 9.91. The lowest BCUT2D eigenvalue weighted by molar-refractivity contribution is -0.138. The highest BCUT2D eigenvalue weighted by Gasteiger charge is 2.25. The highest BCUT2D eigenvalue weighted by atomic mass is 16.4. The predicted octanol–water partition coefficient (Wildman–Crippen LogP) is 3.81. The summed E-state index contributed by atoms with van der Waals surface area (Å²) in [6.45, 7) is 3.42. The topological polar surface area (TPSA) is 200 Å². The summed E-state index contributed by atoms with van der Waals surface area (Å²) in [7, 11) is 0. The maximum atomic E-state index is 13.8. The number of amides is 4. The van der Waals surface area contributed by atoms with Crippen LogP contribution < -0.4 is 27.0 Å². The van der Waals surface area contributed by atoms with E-state index in [1.807, 2.05) is 74.5 Å². The van der Waals surface area contributed by atoms with Crippen molar-refractivity contribution in [1.82, 2.24) is 16.0 Å². The Morgan fingerprint density at radius 1 is 0.725 bits per heavy atom. The number of carboxylic acid groups (broad SMARTS) is 1. The molecule has 12 nitrogen and oxygen atoms in total. The summed E-state index contributed by atoms with van der Waals surface area (Å²) in [4.78, 5) is 64.7. The second-order valence-electron chi connectivity index (χ2n) is 12.6. The van der Waals surface area contributed by atoms with E-state index in [1.54, 1.807) is 12.1 Å². The maximum Gasteiger partial charge on any atom is 0.322 e. The summed E-state index contributed by atoms with van der Waals surface area (Å²) in [5.74, 6) is -3.82. The van der Waals surface area contributed by atoms with Crippen LogP contribution in [0.3, 0.4) is 0 Å². The molecule has 51 heavy (non-hydrogen) atoms. The van der Waals surface area contributed by atoms with Gasteiger partial charge in [0, 0.05) is 35.7 Å². The largest absolute Gasteiger partial charge is 0.508 e. The number of benzene rings is 4. The monoisotopic (exact) mass is 693 g/mol. The molecule has 2 atom stereocenters. The molecule has 0 radical (unpaired) electrons. The molecule has 0 saturated carbocycles. The van der Waals surface area contributed by atoms with Crippen molar-refractivity contribution in [3.8, 4) is 5.75 Å². The van der Waals surface area contributed by atoms with Crippen LogP contribution in [0, 0.1) is 5.92 Å². The van der Waals surface area contributed by atoms with Crippen LogP contribution in [0.15, 0.2) is 103 Å². The van der Waals surface area contributed by atoms with Gasteiger partial charge in [0.2, 0.25) is 11.8 Å². The number of carboxylic acids is 1. The Labute approximate surface area is 296 Å². The molecule has 0 spiro atoms. The lowest BCUT2D eigenvalue weighted by Crippen LogP contribution is -2.49. The Kier molecular flexibility index (Phi) is 13.4. The van der Waals surface area contributed by atoms with Gasteiger partial charge in [0.05, 0.1) is 6.04 Å². The van der Waals surface area contributed by atoms with Crippen molar-refractivity contribution in [2.75, 3.05) is 18.4 Å². The second kappa shape index (κ2) is 18.1. The number of hydrogen-bond acceptors (Lipinski definition) is 7. The van der Waals surface area contributed by atoms with Crippen molar-refractivity contribution in [2.24, 2.45) is 11.7 Å².